The van der Waals surface area contributed by atoms with Crippen molar-refractivity contribution in [1.82, 2.24) is 19.2 Å². The van der Waals surface area contributed by atoms with Gasteiger partial charge in [-0.3, -0.25) is 4.79 Å². The van der Waals surface area contributed by atoms with Crippen molar-refractivity contribution in [2.75, 3.05) is 27.2 Å². The van der Waals surface area contributed by atoms with Crippen molar-refractivity contribution in [3.05, 3.63) is 54.1 Å². The molecule has 0 saturated carbocycles. The maximum atomic E-state index is 13.1. The first-order valence-corrected chi connectivity index (χ1v) is 9.91. The van der Waals surface area contributed by atoms with E-state index in [9.17, 15) is 13.2 Å². The first-order chi connectivity index (χ1) is 12.4. The number of benzene rings is 1. The fourth-order valence-electron chi connectivity index (χ4n) is 3.14. The van der Waals surface area contributed by atoms with Crippen LogP contribution in [0.2, 0.25) is 0 Å². The van der Waals surface area contributed by atoms with Crippen LogP contribution in [0.4, 0.5) is 0 Å². The van der Waals surface area contributed by atoms with Gasteiger partial charge in [-0.15, -0.1) is 0 Å². The van der Waals surface area contributed by atoms with E-state index in [2.05, 4.69) is 9.97 Å². The lowest BCUT2D eigenvalue weighted by Gasteiger charge is -2.31. The third-order valence-electron chi connectivity index (χ3n) is 4.53. The predicted octanol–water partition coefficient (Wildman–Crippen LogP) is 1.75. The number of amides is 1. The van der Waals surface area contributed by atoms with Crippen molar-refractivity contribution in [3.63, 3.8) is 0 Å². The number of piperidine rings is 1. The van der Waals surface area contributed by atoms with Crippen LogP contribution in [0.25, 0.3) is 0 Å². The third-order valence-corrected chi connectivity index (χ3v) is 6.39. The first-order valence-electron chi connectivity index (χ1n) is 8.47. The Balaban J connectivity index is 1.86. The molecule has 8 heteroatoms. The number of nitrogens with zero attached hydrogens (tertiary/aromatic N) is 4. The number of hydrogen-bond donors (Lipinski definition) is 0. The van der Waals surface area contributed by atoms with E-state index in [1.54, 1.807) is 32.4 Å². The quantitative estimate of drug-likeness (QED) is 0.814. The Morgan fingerprint density at radius 3 is 2.77 bits per heavy atom. The van der Waals surface area contributed by atoms with Crippen LogP contribution in [0.1, 0.15) is 34.8 Å². The molecule has 2 heterocycles. The van der Waals surface area contributed by atoms with Crippen molar-refractivity contribution < 1.29 is 13.2 Å². The summed E-state index contributed by atoms with van der Waals surface area (Å²) in [7, 11) is -0.387. The highest BCUT2D eigenvalue weighted by atomic mass is 32.2. The second kappa shape index (κ2) is 7.51. The van der Waals surface area contributed by atoms with Crippen LogP contribution in [0, 0.1) is 0 Å². The summed E-state index contributed by atoms with van der Waals surface area (Å²) in [6.07, 6.45) is 4.82. The topological polar surface area (TPSA) is 83.5 Å². The molecule has 0 bridgehead atoms. The van der Waals surface area contributed by atoms with Gasteiger partial charge in [-0.2, -0.15) is 4.31 Å². The second-order valence-corrected chi connectivity index (χ2v) is 8.50. The molecule has 1 aromatic heterocycles. The number of carbonyl (C=O) groups is 1. The van der Waals surface area contributed by atoms with Gasteiger partial charge in [0.15, 0.2) is 0 Å². The zero-order chi connectivity index (χ0) is 18.7. The molecule has 0 N–H and O–H groups in total. The van der Waals surface area contributed by atoms with Gasteiger partial charge in [-0.05, 0) is 37.1 Å². The number of carbonyl (C=O) groups excluding carboxylic acids is 1. The molecule has 0 aliphatic carbocycles. The smallest absolute Gasteiger partial charge is 0.253 e. The Morgan fingerprint density at radius 1 is 1.27 bits per heavy atom. The summed E-state index contributed by atoms with van der Waals surface area (Å²) >= 11 is 0. The Morgan fingerprint density at radius 2 is 2.08 bits per heavy atom. The molecule has 1 atom stereocenters. The molecular weight excluding hydrogens is 352 g/mol. The molecular formula is C18H22N4O3S. The predicted molar refractivity (Wildman–Crippen MR) is 97.2 cm³/mol. The fraction of sp³-hybridized carbons (Fsp3) is 0.389. The van der Waals surface area contributed by atoms with E-state index in [4.69, 9.17) is 0 Å². The lowest BCUT2D eigenvalue weighted by Crippen LogP contribution is -2.39. The number of hydrogen-bond acceptors (Lipinski definition) is 5. The van der Waals surface area contributed by atoms with Gasteiger partial charge in [0.25, 0.3) is 5.91 Å². The van der Waals surface area contributed by atoms with Crippen LogP contribution < -0.4 is 0 Å². The zero-order valence-electron chi connectivity index (χ0n) is 14.9. The van der Waals surface area contributed by atoms with Crippen LogP contribution in [0.3, 0.4) is 0 Å². The highest BCUT2D eigenvalue weighted by Crippen LogP contribution is 2.29. The van der Waals surface area contributed by atoms with Crippen LogP contribution in [0.5, 0.6) is 0 Å². The summed E-state index contributed by atoms with van der Waals surface area (Å²) in [6.45, 7) is 0.848. The Bertz CT molecular complexity index is 884. The maximum absolute atomic E-state index is 13.1. The van der Waals surface area contributed by atoms with E-state index in [1.165, 1.54) is 27.7 Å². The Hall–Kier alpha value is -2.32. The SMILES string of the molecule is CN(C)C(=O)c1cccc(S(=O)(=O)N2CCC[C@@H](c3ccncn3)C2)c1. The molecule has 1 aromatic carbocycles. The number of aromatic nitrogens is 2. The molecule has 1 aliphatic heterocycles. The van der Waals surface area contributed by atoms with Gasteiger partial charge in [0.05, 0.1) is 4.90 Å². The van der Waals surface area contributed by atoms with Gasteiger partial charge >= 0.3 is 0 Å². The van der Waals surface area contributed by atoms with E-state index >= 15 is 0 Å². The molecule has 0 spiro atoms. The molecule has 3 rings (SSSR count). The standard InChI is InChI=1S/C18H22N4O3S/c1-21(2)18(23)14-5-3-7-16(11-14)26(24,25)22-10-4-6-15(12-22)17-8-9-19-13-20-17/h3,5,7-9,11,13,15H,4,6,10,12H2,1-2H3/t15-/m1/s1. The minimum Gasteiger partial charge on any atom is -0.345 e. The van der Waals surface area contributed by atoms with Crippen LogP contribution in [0.15, 0.2) is 47.8 Å². The lowest BCUT2D eigenvalue weighted by molar-refractivity contribution is 0.0827. The average molecular weight is 374 g/mol. The minimum absolute atomic E-state index is 0.0492. The minimum atomic E-state index is -3.67. The van der Waals surface area contributed by atoms with Gasteiger partial charge in [-0.25, -0.2) is 18.4 Å². The highest BCUT2D eigenvalue weighted by Gasteiger charge is 2.31. The van der Waals surface area contributed by atoms with Crippen molar-refractivity contribution in [3.8, 4) is 0 Å². The highest BCUT2D eigenvalue weighted by molar-refractivity contribution is 7.89. The van der Waals surface area contributed by atoms with Gasteiger partial charge in [-0.1, -0.05) is 6.07 Å². The fourth-order valence-corrected chi connectivity index (χ4v) is 4.71. The summed E-state index contributed by atoms with van der Waals surface area (Å²) in [6, 6.07) is 8.05. The summed E-state index contributed by atoms with van der Waals surface area (Å²) in [5, 5.41) is 0. The van der Waals surface area contributed by atoms with E-state index < -0.39 is 10.0 Å². The Labute approximate surface area is 153 Å². The summed E-state index contributed by atoms with van der Waals surface area (Å²) in [4.78, 5) is 21.9. The average Bonchev–Trinajstić information content (AvgIpc) is 2.68. The van der Waals surface area contributed by atoms with Crippen molar-refractivity contribution in [2.24, 2.45) is 0 Å². The zero-order valence-corrected chi connectivity index (χ0v) is 15.7. The normalized spacial score (nSPS) is 18.5. The molecule has 1 aliphatic rings. The first kappa shape index (κ1) is 18.5. The lowest BCUT2D eigenvalue weighted by atomic mass is 9.96. The third kappa shape index (κ3) is 3.76. The van der Waals surface area contributed by atoms with E-state index in [1.807, 2.05) is 6.07 Å². The molecule has 26 heavy (non-hydrogen) atoms. The molecule has 1 saturated heterocycles. The maximum Gasteiger partial charge on any atom is 0.253 e. The van der Waals surface area contributed by atoms with Gasteiger partial charge < -0.3 is 4.90 Å². The molecule has 2 aromatic rings. The Kier molecular flexibility index (Phi) is 5.33. The molecule has 1 amide bonds. The van der Waals surface area contributed by atoms with Crippen LogP contribution >= 0.6 is 0 Å². The molecule has 1 fully saturated rings. The summed E-state index contributed by atoms with van der Waals surface area (Å²) in [5.74, 6) is -0.173. The van der Waals surface area contributed by atoms with E-state index in [0.29, 0.717) is 18.7 Å². The van der Waals surface area contributed by atoms with Crippen molar-refractivity contribution in [1.29, 1.82) is 0 Å². The molecule has 7 nitrogen and oxygen atoms in total. The molecule has 138 valence electrons. The van der Waals surface area contributed by atoms with Crippen LogP contribution in [-0.4, -0.2) is 60.7 Å². The monoisotopic (exact) mass is 374 g/mol. The van der Waals surface area contributed by atoms with Crippen molar-refractivity contribution in [2.45, 2.75) is 23.7 Å². The molecule has 0 radical (unpaired) electrons. The van der Waals surface area contributed by atoms with E-state index in [0.717, 1.165) is 18.5 Å². The summed E-state index contributed by atoms with van der Waals surface area (Å²) in [5.41, 5.74) is 1.22. The van der Waals surface area contributed by atoms with E-state index in [-0.39, 0.29) is 16.7 Å². The largest absolute Gasteiger partial charge is 0.345 e. The van der Waals surface area contributed by atoms with Gasteiger partial charge in [0.1, 0.15) is 6.33 Å². The molecule has 0 unspecified atom stereocenters. The van der Waals surface area contributed by atoms with Crippen LogP contribution in [-0.2, 0) is 10.0 Å². The van der Waals surface area contributed by atoms with Gasteiger partial charge in [0, 0.05) is 50.6 Å². The second-order valence-electron chi connectivity index (χ2n) is 6.56. The number of sulfonamides is 1. The van der Waals surface area contributed by atoms with Gasteiger partial charge in [0.2, 0.25) is 10.0 Å². The summed E-state index contributed by atoms with van der Waals surface area (Å²) < 4.78 is 27.6. The van der Waals surface area contributed by atoms with Crippen molar-refractivity contribution >= 4 is 15.9 Å². The number of rotatable bonds is 4.